The molecule has 0 aliphatic rings. The highest BCUT2D eigenvalue weighted by Gasteiger charge is 2.11. The molecule has 2 N–H and O–H groups in total. The summed E-state index contributed by atoms with van der Waals surface area (Å²) in [6, 6.07) is 6.90. The molecule has 1 aromatic carbocycles. The van der Waals surface area contributed by atoms with Gasteiger partial charge in [0.05, 0.1) is 12.2 Å². The van der Waals surface area contributed by atoms with Crippen LogP contribution in [0.3, 0.4) is 0 Å². The van der Waals surface area contributed by atoms with E-state index in [1.165, 1.54) is 0 Å². The summed E-state index contributed by atoms with van der Waals surface area (Å²) in [5.74, 6) is -0.756. The van der Waals surface area contributed by atoms with Gasteiger partial charge in [-0.1, -0.05) is 18.2 Å². The lowest BCUT2D eigenvalue weighted by molar-refractivity contribution is -0.242. The van der Waals surface area contributed by atoms with Crippen LogP contribution in [0.5, 0.6) is 0 Å². The summed E-state index contributed by atoms with van der Waals surface area (Å²) < 4.78 is 0. The average Bonchev–Trinajstić information content (AvgIpc) is 2.34. The molecular formula is C11H14O5. The van der Waals surface area contributed by atoms with E-state index in [0.717, 1.165) is 12.0 Å². The fourth-order valence-electron chi connectivity index (χ4n) is 1.47. The van der Waals surface area contributed by atoms with Crippen LogP contribution in [0.1, 0.15) is 28.8 Å². The Morgan fingerprint density at radius 3 is 2.62 bits per heavy atom. The predicted molar refractivity (Wildman–Crippen MR) is 56.0 cm³/mol. The second-order valence-electron chi connectivity index (χ2n) is 3.33. The van der Waals surface area contributed by atoms with Crippen molar-refractivity contribution < 1.29 is 25.1 Å². The number of rotatable bonds is 6. The Hall–Kier alpha value is -1.43. The van der Waals surface area contributed by atoms with Crippen LogP contribution in [0.15, 0.2) is 24.3 Å². The van der Waals surface area contributed by atoms with E-state index >= 15 is 0 Å². The molecule has 0 fully saturated rings. The first-order valence-corrected chi connectivity index (χ1v) is 4.99. The van der Waals surface area contributed by atoms with Crippen molar-refractivity contribution >= 4 is 5.97 Å². The van der Waals surface area contributed by atoms with Crippen molar-refractivity contribution in [2.24, 2.45) is 0 Å². The molecule has 0 unspecified atom stereocenters. The van der Waals surface area contributed by atoms with Gasteiger partial charge >= 0.3 is 5.97 Å². The van der Waals surface area contributed by atoms with E-state index in [4.69, 9.17) is 10.5 Å². The van der Waals surface area contributed by atoms with Gasteiger partial charge in [0.15, 0.2) is 0 Å². The summed E-state index contributed by atoms with van der Waals surface area (Å²) >= 11 is 0. The minimum Gasteiger partial charge on any atom is -0.295 e. The normalized spacial score (nSPS) is 10.1. The van der Waals surface area contributed by atoms with E-state index in [1.54, 1.807) is 18.2 Å². The minimum atomic E-state index is -0.756. The molecule has 1 rings (SSSR count). The van der Waals surface area contributed by atoms with E-state index in [9.17, 15) is 4.79 Å². The molecule has 16 heavy (non-hydrogen) atoms. The van der Waals surface area contributed by atoms with Crippen molar-refractivity contribution in [2.75, 3.05) is 6.61 Å². The first-order chi connectivity index (χ1) is 7.79. The van der Waals surface area contributed by atoms with Crippen LogP contribution in [0.4, 0.5) is 0 Å². The molecule has 0 aliphatic carbocycles. The van der Waals surface area contributed by atoms with Crippen molar-refractivity contribution in [2.45, 2.75) is 19.3 Å². The van der Waals surface area contributed by atoms with Gasteiger partial charge in [-0.25, -0.2) is 9.68 Å². The van der Waals surface area contributed by atoms with Crippen LogP contribution in [0, 0.1) is 0 Å². The fraction of sp³-hybridized carbons (Fsp3) is 0.364. The Bertz CT molecular complexity index is 337. The summed E-state index contributed by atoms with van der Waals surface area (Å²) in [5, 5.41) is 16.5. The molecule has 0 bridgehead atoms. The van der Waals surface area contributed by atoms with Gasteiger partial charge < -0.3 is 0 Å². The highest BCUT2D eigenvalue weighted by atomic mass is 17.1. The van der Waals surface area contributed by atoms with Crippen LogP contribution < -0.4 is 0 Å². The van der Waals surface area contributed by atoms with E-state index in [2.05, 4.69) is 9.78 Å². The van der Waals surface area contributed by atoms with Crippen molar-refractivity contribution in [3.05, 3.63) is 35.4 Å². The van der Waals surface area contributed by atoms with E-state index in [0.29, 0.717) is 18.4 Å². The van der Waals surface area contributed by atoms with Gasteiger partial charge in [0, 0.05) is 0 Å². The topological polar surface area (TPSA) is 76.0 Å². The molecule has 0 atom stereocenters. The summed E-state index contributed by atoms with van der Waals surface area (Å²) in [6.45, 7) is 0.270. The van der Waals surface area contributed by atoms with Gasteiger partial charge in [0.2, 0.25) is 0 Å². The molecule has 0 saturated heterocycles. The third-order valence-corrected chi connectivity index (χ3v) is 2.25. The maximum atomic E-state index is 11.2. The Labute approximate surface area is 93.1 Å². The Morgan fingerprint density at radius 1 is 1.19 bits per heavy atom. The van der Waals surface area contributed by atoms with Gasteiger partial charge in [-0.05, 0) is 30.9 Å². The summed E-state index contributed by atoms with van der Waals surface area (Å²) in [6.07, 6.45) is 2.13. The first kappa shape index (κ1) is 12.6. The maximum absolute atomic E-state index is 11.2. The van der Waals surface area contributed by atoms with Gasteiger partial charge in [-0.2, -0.15) is 5.26 Å². The molecule has 0 radical (unpaired) electrons. The second-order valence-corrected chi connectivity index (χ2v) is 3.33. The van der Waals surface area contributed by atoms with Crippen molar-refractivity contribution in [1.82, 2.24) is 0 Å². The monoisotopic (exact) mass is 226 g/mol. The lowest BCUT2D eigenvalue weighted by Crippen LogP contribution is -2.06. The Kier molecular flexibility index (Phi) is 5.49. The number of aryl methyl sites for hydroxylation is 1. The predicted octanol–water partition coefficient (Wildman–Crippen LogP) is 2.13. The highest BCUT2D eigenvalue weighted by molar-refractivity contribution is 5.90. The number of carbonyl (C=O) groups is 1. The van der Waals surface area contributed by atoms with Crippen molar-refractivity contribution in [3.8, 4) is 0 Å². The molecule has 0 heterocycles. The highest BCUT2D eigenvalue weighted by Crippen LogP contribution is 2.13. The first-order valence-electron chi connectivity index (χ1n) is 4.99. The maximum Gasteiger partial charge on any atom is 0.373 e. The Balaban J connectivity index is 2.60. The third kappa shape index (κ3) is 3.62. The number of benzene rings is 1. The second kappa shape index (κ2) is 6.95. The third-order valence-electron chi connectivity index (χ3n) is 2.25. The lowest BCUT2D eigenvalue weighted by Gasteiger charge is -2.05. The molecule has 0 saturated carbocycles. The molecule has 5 heteroatoms. The molecule has 5 nitrogen and oxygen atoms in total. The van der Waals surface area contributed by atoms with Gasteiger partial charge in [0.25, 0.3) is 0 Å². The molecule has 88 valence electrons. The quantitative estimate of drug-likeness (QED) is 0.441. The SMILES string of the molecule is O=C(OO)c1ccccc1CCCCOO. The largest absolute Gasteiger partial charge is 0.373 e. The Morgan fingerprint density at radius 2 is 1.94 bits per heavy atom. The molecule has 0 spiro atoms. The van der Waals surface area contributed by atoms with Gasteiger partial charge in [0.1, 0.15) is 0 Å². The molecule has 1 aromatic rings. The molecule has 0 aliphatic heterocycles. The van der Waals surface area contributed by atoms with Gasteiger partial charge in [-0.3, -0.25) is 10.1 Å². The molecular weight excluding hydrogens is 212 g/mol. The van der Waals surface area contributed by atoms with Crippen LogP contribution in [0.25, 0.3) is 0 Å². The van der Waals surface area contributed by atoms with E-state index in [1.807, 2.05) is 6.07 Å². The molecule has 0 amide bonds. The van der Waals surface area contributed by atoms with Gasteiger partial charge in [-0.15, -0.1) is 0 Å². The van der Waals surface area contributed by atoms with Crippen LogP contribution >= 0.6 is 0 Å². The van der Waals surface area contributed by atoms with Crippen LogP contribution in [0.2, 0.25) is 0 Å². The number of unbranched alkanes of at least 4 members (excludes halogenated alkanes) is 1. The zero-order valence-corrected chi connectivity index (χ0v) is 8.76. The fourth-order valence-corrected chi connectivity index (χ4v) is 1.47. The van der Waals surface area contributed by atoms with Crippen molar-refractivity contribution in [3.63, 3.8) is 0 Å². The van der Waals surface area contributed by atoms with Crippen LogP contribution in [-0.4, -0.2) is 23.1 Å². The summed E-state index contributed by atoms with van der Waals surface area (Å²) in [4.78, 5) is 18.8. The number of hydrogen-bond donors (Lipinski definition) is 2. The molecule has 0 aromatic heterocycles. The average molecular weight is 226 g/mol. The van der Waals surface area contributed by atoms with E-state index < -0.39 is 5.97 Å². The smallest absolute Gasteiger partial charge is 0.295 e. The summed E-state index contributed by atoms with van der Waals surface area (Å²) in [5.41, 5.74) is 1.16. The number of hydrogen-bond acceptors (Lipinski definition) is 5. The zero-order valence-electron chi connectivity index (χ0n) is 8.76. The van der Waals surface area contributed by atoms with Crippen LogP contribution in [-0.2, 0) is 16.2 Å². The van der Waals surface area contributed by atoms with E-state index in [-0.39, 0.29) is 6.61 Å². The minimum absolute atomic E-state index is 0.270. The number of carbonyl (C=O) groups excluding carboxylic acids is 1. The standard InChI is InChI=1S/C11H14O5/c12-11(16-14)10-7-2-1-5-9(10)6-3-4-8-15-13/h1-2,5,7,13-14H,3-4,6,8H2. The summed E-state index contributed by atoms with van der Waals surface area (Å²) in [7, 11) is 0. The van der Waals surface area contributed by atoms with Crippen molar-refractivity contribution in [1.29, 1.82) is 0 Å². The zero-order chi connectivity index (χ0) is 11.8. The lowest BCUT2D eigenvalue weighted by atomic mass is 10.0.